The number of methoxy groups -OCH3 is 1. The van der Waals surface area contributed by atoms with Crippen LogP contribution >= 0.6 is 0 Å². The van der Waals surface area contributed by atoms with Gasteiger partial charge in [-0.3, -0.25) is 15.1 Å². The van der Waals surface area contributed by atoms with Crippen LogP contribution in [-0.4, -0.2) is 17.0 Å². The smallest absolute Gasteiger partial charge is 0.295 e. The molecule has 0 amide bonds. The molecule has 3 rings (SSSR count). The van der Waals surface area contributed by atoms with Crippen LogP contribution in [0.5, 0.6) is 5.75 Å². The second-order valence-electron chi connectivity index (χ2n) is 4.58. The third kappa shape index (κ3) is 2.41. The van der Waals surface area contributed by atoms with Crippen LogP contribution in [0.2, 0.25) is 0 Å². The molecular weight excluding hydrogens is 268 g/mol. The maximum atomic E-state index is 11.1. The fourth-order valence-electron chi connectivity index (χ4n) is 2.29. The molecule has 21 heavy (non-hydrogen) atoms. The Labute approximate surface area is 121 Å². The van der Waals surface area contributed by atoms with E-state index >= 15 is 0 Å². The highest BCUT2D eigenvalue weighted by Crippen LogP contribution is 2.31. The van der Waals surface area contributed by atoms with E-state index in [1.165, 1.54) is 6.20 Å². The summed E-state index contributed by atoms with van der Waals surface area (Å²) in [5, 5.41) is 13.1. The molecule has 1 aromatic heterocycles. The van der Waals surface area contributed by atoms with Gasteiger partial charge >= 0.3 is 0 Å². The lowest BCUT2D eigenvalue weighted by Gasteiger charge is -2.06. The van der Waals surface area contributed by atoms with Gasteiger partial charge in [0.05, 0.1) is 17.6 Å². The van der Waals surface area contributed by atoms with E-state index in [1.54, 1.807) is 19.4 Å². The molecule has 0 aliphatic heterocycles. The monoisotopic (exact) mass is 280 g/mol. The lowest BCUT2D eigenvalue weighted by Crippen LogP contribution is -1.92. The first-order valence-electron chi connectivity index (χ1n) is 6.35. The molecule has 3 aromatic rings. The van der Waals surface area contributed by atoms with E-state index < -0.39 is 4.92 Å². The number of aromatic nitrogens is 1. The molecule has 0 aliphatic carbocycles. The van der Waals surface area contributed by atoms with Crippen molar-refractivity contribution in [2.45, 2.75) is 0 Å². The van der Waals surface area contributed by atoms with Crippen molar-refractivity contribution >= 4 is 16.5 Å². The highest BCUT2D eigenvalue weighted by Gasteiger charge is 2.15. The first kappa shape index (κ1) is 13.1. The molecule has 5 heteroatoms. The number of pyridine rings is 1. The van der Waals surface area contributed by atoms with Gasteiger partial charge in [-0.15, -0.1) is 0 Å². The van der Waals surface area contributed by atoms with Crippen LogP contribution in [0, 0.1) is 10.1 Å². The summed E-state index contributed by atoms with van der Waals surface area (Å²) in [6.45, 7) is 0. The Bertz CT molecular complexity index is 831. The van der Waals surface area contributed by atoms with Gasteiger partial charge in [-0.1, -0.05) is 18.2 Å². The third-order valence-electron chi connectivity index (χ3n) is 3.36. The molecule has 0 radical (unpaired) electrons. The van der Waals surface area contributed by atoms with Gasteiger partial charge in [0.25, 0.3) is 5.69 Å². The molecule has 0 unspecified atom stereocenters. The van der Waals surface area contributed by atoms with Crippen molar-refractivity contribution in [1.82, 2.24) is 4.98 Å². The van der Waals surface area contributed by atoms with Crippen LogP contribution in [0.15, 0.2) is 54.9 Å². The Kier molecular flexibility index (Phi) is 3.23. The molecule has 0 spiro atoms. The van der Waals surface area contributed by atoms with Crippen LogP contribution in [0.3, 0.4) is 0 Å². The van der Waals surface area contributed by atoms with E-state index in [4.69, 9.17) is 4.74 Å². The number of nitro groups is 1. The SMILES string of the molecule is COc1ccc2cc(-c3ccncc3[N+](=O)[O-])ccc2c1. The van der Waals surface area contributed by atoms with Gasteiger partial charge in [0.2, 0.25) is 0 Å². The average Bonchev–Trinajstić information content (AvgIpc) is 2.53. The highest BCUT2D eigenvalue weighted by atomic mass is 16.6. The molecule has 104 valence electrons. The number of benzene rings is 2. The van der Waals surface area contributed by atoms with Gasteiger partial charge in [0, 0.05) is 6.20 Å². The number of nitrogens with zero attached hydrogens (tertiary/aromatic N) is 2. The summed E-state index contributed by atoms with van der Waals surface area (Å²) < 4.78 is 5.19. The third-order valence-corrected chi connectivity index (χ3v) is 3.36. The molecule has 5 nitrogen and oxygen atoms in total. The van der Waals surface area contributed by atoms with E-state index in [9.17, 15) is 10.1 Å². The molecule has 0 bridgehead atoms. The largest absolute Gasteiger partial charge is 0.497 e. The normalized spacial score (nSPS) is 10.5. The van der Waals surface area contributed by atoms with Crippen molar-refractivity contribution in [1.29, 1.82) is 0 Å². The maximum Gasteiger partial charge on any atom is 0.295 e. The summed E-state index contributed by atoms with van der Waals surface area (Å²) in [4.78, 5) is 14.5. The number of hydrogen-bond acceptors (Lipinski definition) is 4. The van der Waals surface area contributed by atoms with Crippen LogP contribution in [0.1, 0.15) is 0 Å². The molecule has 0 saturated heterocycles. The minimum Gasteiger partial charge on any atom is -0.497 e. The highest BCUT2D eigenvalue weighted by molar-refractivity contribution is 5.89. The Morgan fingerprint density at radius 3 is 2.62 bits per heavy atom. The zero-order valence-corrected chi connectivity index (χ0v) is 11.3. The van der Waals surface area contributed by atoms with Crippen LogP contribution in [0.4, 0.5) is 5.69 Å². The van der Waals surface area contributed by atoms with Gasteiger partial charge in [-0.2, -0.15) is 0 Å². The summed E-state index contributed by atoms with van der Waals surface area (Å²) in [5.74, 6) is 0.783. The van der Waals surface area contributed by atoms with Gasteiger partial charge in [0.1, 0.15) is 11.9 Å². The van der Waals surface area contributed by atoms with Crippen molar-refractivity contribution in [3.8, 4) is 16.9 Å². The fourth-order valence-corrected chi connectivity index (χ4v) is 2.29. The second-order valence-corrected chi connectivity index (χ2v) is 4.58. The topological polar surface area (TPSA) is 65.3 Å². The summed E-state index contributed by atoms with van der Waals surface area (Å²) in [6.07, 6.45) is 2.83. The summed E-state index contributed by atoms with van der Waals surface area (Å²) in [7, 11) is 1.62. The average molecular weight is 280 g/mol. The van der Waals surface area contributed by atoms with Gasteiger partial charge < -0.3 is 4.74 Å². The van der Waals surface area contributed by atoms with Crippen LogP contribution < -0.4 is 4.74 Å². The molecule has 0 N–H and O–H groups in total. The first-order valence-corrected chi connectivity index (χ1v) is 6.35. The standard InChI is InChI=1S/C16H12N2O3/c1-21-14-5-4-11-8-13(3-2-12(11)9-14)15-6-7-17-10-16(15)18(19)20/h2-10H,1H3. The predicted molar refractivity (Wildman–Crippen MR) is 80.4 cm³/mol. The molecular formula is C16H12N2O3. The Balaban J connectivity index is 2.16. The summed E-state index contributed by atoms with van der Waals surface area (Å²) in [6, 6.07) is 13.1. The van der Waals surface area contributed by atoms with Crippen molar-refractivity contribution in [2.75, 3.05) is 7.11 Å². The van der Waals surface area contributed by atoms with E-state index in [0.717, 1.165) is 22.1 Å². The number of hydrogen-bond donors (Lipinski definition) is 0. The minimum absolute atomic E-state index is 0.00496. The van der Waals surface area contributed by atoms with Crippen molar-refractivity contribution in [2.24, 2.45) is 0 Å². The van der Waals surface area contributed by atoms with Crippen LogP contribution in [-0.2, 0) is 0 Å². The summed E-state index contributed by atoms with van der Waals surface area (Å²) in [5.41, 5.74) is 1.36. The van der Waals surface area contributed by atoms with Crippen molar-refractivity contribution < 1.29 is 9.66 Å². The zero-order chi connectivity index (χ0) is 14.8. The lowest BCUT2D eigenvalue weighted by molar-refractivity contribution is -0.384. The van der Waals surface area contributed by atoms with Crippen molar-refractivity contribution in [3.05, 3.63) is 65.0 Å². The summed E-state index contributed by atoms with van der Waals surface area (Å²) >= 11 is 0. The van der Waals surface area contributed by atoms with E-state index in [1.807, 2.05) is 36.4 Å². The molecule has 0 atom stereocenters. The molecule has 0 fully saturated rings. The Morgan fingerprint density at radius 2 is 1.86 bits per heavy atom. The quantitative estimate of drug-likeness (QED) is 0.540. The van der Waals surface area contributed by atoms with Crippen molar-refractivity contribution in [3.63, 3.8) is 0 Å². The Morgan fingerprint density at radius 1 is 1.10 bits per heavy atom. The van der Waals surface area contributed by atoms with E-state index in [2.05, 4.69) is 4.98 Å². The molecule has 0 saturated carbocycles. The lowest BCUT2D eigenvalue weighted by atomic mass is 10.0. The number of ether oxygens (including phenoxy) is 1. The number of rotatable bonds is 3. The zero-order valence-electron chi connectivity index (χ0n) is 11.3. The number of fused-ring (bicyclic) bond motifs is 1. The predicted octanol–water partition coefficient (Wildman–Crippen LogP) is 3.82. The van der Waals surface area contributed by atoms with E-state index in [0.29, 0.717) is 5.56 Å². The minimum atomic E-state index is -0.416. The van der Waals surface area contributed by atoms with E-state index in [-0.39, 0.29) is 5.69 Å². The van der Waals surface area contributed by atoms with Gasteiger partial charge in [0.15, 0.2) is 0 Å². The first-order chi connectivity index (χ1) is 10.2. The molecule has 0 aliphatic rings. The van der Waals surface area contributed by atoms with Crippen LogP contribution in [0.25, 0.3) is 21.9 Å². The van der Waals surface area contributed by atoms with Gasteiger partial charge in [-0.25, -0.2) is 0 Å². The Hall–Kier alpha value is -2.95. The fraction of sp³-hybridized carbons (Fsp3) is 0.0625. The molecule has 1 heterocycles. The van der Waals surface area contributed by atoms with Gasteiger partial charge in [-0.05, 0) is 40.6 Å². The molecule has 2 aromatic carbocycles. The second kappa shape index (κ2) is 5.20. The maximum absolute atomic E-state index is 11.1.